The second kappa shape index (κ2) is 4.88. The zero-order chi connectivity index (χ0) is 10.6. The van der Waals surface area contributed by atoms with Crippen LogP contribution in [0.1, 0.15) is 30.6 Å². The molecule has 0 bridgehead atoms. The molecule has 0 aliphatic carbocycles. The molecule has 1 unspecified atom stereocenters. The van der Waals surface area contributed by atoms with Crippen LogP contribution in [0.2, 0.25) is 0 Å². The number of hydrazine groups is 1. The lowest BCUT2D eigenvalue weighted by Crippen LogP contribution is -2.28. The number of aromatic nitrogens is 1. The lowest BCUT2D eigenvalue weighted by molar-refractivity contribution is 0.548. The Hall–Kier alpha value is -1.19. The van der Waals surface area contributed by atoms with Gasteiger partial charge in [0, 0.05) is 11.9 Å². The number of pyridine rings is 1. The second-order valence-corrected chi connectivity index (χ2v) is 3.61. The van der Waals surface area contributed by atoms with Gasteiger partial charge in [0.1, 0.15) is 0 Å². The Morgan fingerprint density at radius 1 is 1.64 bits per heavy atom. The number of hydrogen-bond acceptors (Lipinski definition) is 3. The predicted molar refractivity (Wildman–Crippen MR) is 58.5 cm³/mol. The van der Waals surface area contributed by atoms with E-state index in [1.54, 1.807) is 0 Å². The SMILES string of the molecule is C=C(C)CC(NN)c1ccc(C)nc1. The molecule has 0 spiro atoms. The van der Waals surface area contributed by atoms with Gasteiger partial charge >= 0.3 is 0 Å². The van der Waals surface area contributed by atoms with Crippen LogP contribution >= 0.6 is 0 Å². The molecule has 1 aromatic heterocycles. The normalized spacial score (nSPS) is 12.5. The summed E-state index contributed by atoms with van der Waals surface area (Å²) in [5.41, 5.74) is 5.99. The van der Waals surface area contributed by atoms with E-state index in [0.717, 1.165) is 23.3 Å². The minimum atomic E-state index is 0.112. The molecule has 0 aromatic carbocycles. The first-order chi connectivity index (χ1) is 6.63. The van der Waals surface area contributed by atoms with Gasteiger partial charge in [0.15, 0.2) is 0 Å². The van der Waals surface area contributed by atoms with Gasteiger partial charge in [0.05, 0.1) is 6.04 Å². The van der Waals surface area contributed by atoms with E-state index in [4.69, 9.17) is 5.84 Å². The second-order valence-electron chi connectivity index (χ2n) is 3.61. The maximum absolute atomic E-state index is 5.47. The lowest BCUT2D eigenvalue weighted by Gasteiger charge is -2.15. The molecule has 3 N–H and O–H groups in total. The lowest BCUT2D eigenvalue weighted by atomic mass is 10.0. The van der Waals surface area contributed by atoms with Gasteiger partial charge in [0.25, 0.3) is 0 Å². The van der Waals surface area contributed by atoms with Crippen LogP contribution < -0.4 is 11.3 Å². The number of hydrogen-bond donors (Lipinski definition) is 2. The molecule has 1 aromatic rings. The highest BCUT2D eigenvalue weighted by atomic mass is 15.2. The molecule has 14 heavy (non-hydrogen) atoms. The van der Waals surface area contributed by atoms with Crippen molar-refractivity contribution in [2.45, 2.75) is 26.3 Å². The van der Waals surface area contributed by atoms with Gasteiger partial charge < -0.3 is 0 Å². The number of nitrogens with zero attached hydrogens (tertiary/aromatic N) is 1. The first kappa shape index (κ1) is 10.9. The first-order valence-electron chi connectivity index (χ1n) is 4.66. The molecule has 0 amide bonds. The summed E-state index contributed by atoms with van der Waals surface area (Å²) >= 11 is 0. The van der Waals surface area contributed by atoms with Crippen LogP contribution in [0.5, 0.6) is 0 Å². The summed E-state index contributed by atoms with van der Waals surface area (Å²) in [7, 11) is 0. The highest BCUT2D eigenvalue weighted by molar-refractivity contribution is 5.18. The fraction of sp³-hybridized carbons (Fsp3) is 0.364. The van der Waals surface area contributed by atoms with E-state index in [1.165, 1.54) is 0 Å². The molecule has 0 fully saturated rings. The number of nitrogens with one attached hydrogen (secondary N) is 1. The van der Waals surface area contributed by atoms with Crippen molar-refractivity contribution in [1.82, 2.24) is 10.4 Å². The maximum atomic E-state index is 5.47. The molecule has 1 atom stereocenters. The van der Waals surface area contributed by atoms with Crippen LogP contribution in [0.3, 0.4) is 0 Å². The van der Waals surface area contributed by atoms with Crippen molar-refractivity contribution in [3.05, 3.63) is 41.7 Å². The van der Waals surface area contributed by atoms with Crippen LogP contribution in [0, 0.1) is 6.92 Å². The zero-order valence-electron chi connectivity index (χ0n) is 8.75. The molecule has 1 rings (SSSR count). The van der Waals surface area contributed by atoms with Crippen molar-refractivity contribution in [3.8, 4) is 0 Å². The van der Waals surface area contributed by atoms with Crippen LogP contribution in [-0.2, 0) is 0 Å². The van der Waals surface area contributed by atoms with Gasteiger partial charge in [-0.05, 0) is 31.9 Å². The summed E-state index contributed by atoms with van der Waals surface area (Å²) in [6, 6.07) is 4.13. The van der Waals surface area contributed by atoms with E-state index < -0.39 is 0 Å². The highest BCUT2D eigenvalue weighted by Gasteiger charge is 2.09. The summed E-state index contributed by atoms with van der Waals surface area (Å²) in [5, 5.41) is 0. The summed E-state index contributed by atoms with van der Waals surface area (Å²) in [5.74, 6) is 5.47. The standard InChI is InChI=1S/C11H17N3/c1-8(2)6-11(14-12)10-5-4-9(3)13-7-10/h4-5,7,11,14H,1,6,12H2,2-3H3. The van der Waals surface area contributed by atoms with Crippen molar-refractivity contribution < 1.29 is 0 Å². The Bertz CT molecular complexity index is 303. The third-order valence-corrected chi connectivity index (χ3v) is 2.09. The van der Waals surface area contributed by atoms with E-state index in [-0.39, 0.29) is 6.04 Å². The van der Waals surface area contributed by atoms with Gasteiger partial charge in [-0.1, -0.05) is 11.6 Å². The van der Waals surface area contributed by atoms with E-state index in [1.807, 2.05) is 32.2 Å². The van der Waals surface area contributed by atoms with E-state index in [9.17, 15) is 0 Å². The smallest absolute Gasteiger partial charge is 0.0512 e. The Labute approximate surface area is 85.0 Å². The van der Waals surface area contributed by atoms with Crippen LogP contribution in [0.15, 0.2) is 30.5 Å². The molecular formula is C11H17N3. The van der Waals surface area contributed by atoms with Gasteiger partial charge in [-0.15, -0.1) is 6.58 Å². The number of rotatable bonds is 4. The van der Waals surface area contributed by atoms with Crippen LogP contribution in [0.25, 0.3) is 0 Å². The quantitative estimate of drug-likeness (QED) is 0.434. The highest BCUT2D eigenvalue weighted by Crippen LogP contribution is 2.18. The molecule has 0 saturated heterocycles. The van der Waals surface area contributed by atoms with Crippen molar-refractivity contribution in [1.29, 1.82) is 0 Å². The van der Waals surface area contributed by atoms with E-state index in [2.05, 4.69) is 17.0 Å². The molecule has 0 aliphatic rings. The monoisotopic (exact) mass is 191 g/mol. The van der Waals surface area contributed by atoms with Crippen LogP contribution in [-0.4, -0.2) is 4.98 Å². The maximum Gasteiger partial charge on any atom is 0.0512 e. The molecule has 1 heterocycles. The molecule has 0 radical (unpaired) electrons. The summed E-state index contributed by atoms with van der Waals surface area (Å²) in [6.45, 7) is 7.83. The predicted octanol–water partition coefficient (Wildman–Crippen LogP) is 1.86. The molecular weight excluding hydrogens is 174 g/mol. The van der Waals surface area contributed by atoms with E-state index in [0.29, 0.717) is 0 Å². The Kier molecular flexibility index (Phi) is 3.80. The molecule has 76 valence electrons. The number of nitrogens with two attached hydrogens (primary N) is 1. The molecule has 3 nitrogen and oxygen atoms in total. The first-order valence-corrected chi connectivity index (χ1v) is 4.66. The Morgan fingerprint density at radius 2 is 2.36 bits per heavy atom. The topological polar surface area (TPSA) is 50.9 Å². The minimum Gasteiger partial charge on any atom is -0.271 e. The summed E-state index contributed by atoms with van der Waals surface area (Å²) < 4.78 is 0. The number of aryl methyl sites for hydroxylation is 1. The molecule has 3 heteroatoms. The largest absolute Gasteiger partial charge is 0.271 e. The Morgan fingerprint density at radius 3 is 2.79 bits per heavy atom. The van der Waals surface area contributed by atoms with Crippen molar-refractivity contribution in [2.75, 3.05) is 0 Å². The average Bonchev–Trinajstić information content (AvgIpc) is 2.15. The molecule has 0 aliphatic heterocycles. The van der Waals surface area contributed by atoms with Crippen molar-refractivity contribution >= 4 is 0 Å². The summed E-state index contributed by atoms with van der Waals surface area (Å²) in [4.78, 5) is 4.23. The van der Waals surface area contributed by atoms with Crippen LogP contribution in [0.4, 0.5) is 0 Å². The van der Waals surface area contributed by atoms with Gasteiger partial charge in [-0.2, -0.15) is 0 Å². The van der Waals surface area contributed by atoms with E-state index >= 15 is 0 Å². The van der Waals surface area contributed by atoms with Gasteiger partial charge in [-0.25, -0.2) is 0 Å². The van der Waals surface area contributed by atoms with Gasteiger partial charge in [-0.3, -0.25) is 16.3 Å². The minimum absolute atomic E-state index is 0.112. The average molecular weight is 191 g/mol. The fourth-order valence-electron chi connectivity index (χ4n) is 1.31. The van der Waals surface area contributed by atoms with Crippen molar-refractivity contribution in [3.63, 3.8) is 0 Å². The molecule has 0 saturated carbocycles. The summed E-state index contributed by atoms with van der Waals surface area (Å²) in [6.07, 6.45) is 2.68. The third-order valence-electron chi connectivity index (χ3n) is 2.09. The Balaban J connectivity index is 2.78. The zero-order valence-corrected chi connectivity index (χ0v) is 8.75. The van der Waals surface area contributed by atoms with Crippen molar-refractivity contribution in [2.24, 2.45) is 5.84 Å². The van der Waals surface area contributed by atoms with Gasteiger partial charge in [0.2, 0.25) is 0 Å². The fourth-order valence-corrected chi connectivity index (χ4v) is 1.31. The third kappa shape index (κ3) is 2.94.